The lowest BCUT2D eigenvalue weighted by Gasteiger charge is -2.06. The van der Waals surface area contributed by atoms with Gasteiger partial charge in [0.05, 0.1) is 18.5 Å². The summed E-state index contributed by atoms with van der Waals surface area (Å²) < 4.78 is 6.61. The molecule has 20 heavy (non-hydrogen) atoms. The first-order valence-corrected chi connectivity index (χ1v) is 6.29. The summed E-state index contributed by atoms with van der Waals surface area (Å²) in [5.74, 6) is -0.410. The van der Waals surface area contributed by atoms with Crippen LogP contribution < -0.4 is 11.1 Å². The Balaban J connectivity index is 1.92. The van der Waals surface area contributed by atoms with Crippen LogP contribution in [-0.2, 0) is 29.2 Å². The summed E-state index contributed by atoms with van der Waals surface area (Å²) >= 11 is 0. The number of carbonyl (C=O) groups excluding carboxylic acids is 1. The van der Waals surface area contributed by atoms with Crippen LogP contribution in [0.5, 0.6) is 0 Å². The Morgan fingerprint density at radius 3 is 3.00 bits per heavy atom. The second kappa shape index (κ2) is 6.72. The highest BCUT2D eigenvalue weighted by Crippen LogP contribution is 2.10. The van der Waals surface area contributed by atoms with Crippen molar-refractivity contribution in [1.82, 2.24) is 9.78 Å². The molecular formula is C14H18N4O2. The summed E-state index contributed by atoms with van der Waals surface area (Å²) in [6.45, 7) is 1.37. The molecule has 6 nitrogen and oxygen atoms in total. The van der Waals surface area contributed by atoms with E-state index < -0.39 is 5.91 Å². The summed E-state index contributed by atoms with van der Waals surface area (Å²) in [6, 6.07) is 8.16. The lowest BCUT2D eigenvalue weighted by Crippen LogP contribution is -2.18. The maximum absolute atomic E-state index is 10.8. The molecule has 3 N–H and O–H groups in total. The minimum atomic E-state index is -0.410. The number of nitrogens with two attached hydrogens (primary N) is 1. The molecule has 0 saturated heterocycles. The number of nitrogens with one attached hydrogen (secondary N) is 1. The van der Waals surface area contributed by atoms with Crippen molar-refractivity contribution >= 4 is 11.6 Å². The number of ether oxygens (including phenoxy) is 1. The van der Waals surface area contributed by atoms with E-state index in [1.807, 2.05) is 18.2 Å². The third kappa shape index (κ3) is 4.10. The number of nitrogens with zero attached hydrogens (tertiary/aromatic N) is 2. The third-order valence-corrected chi connectivity index (χ3v) is 2.75. The Morgan fingerprint density at radius 1 is 1.45 bits per heavy atom. The van der Waals surface area contributed by atoms with Crippen LogP contribution in [0.1, 0.15) is 11.1 Å². The molecule has 0 aliphatic rings. The molecular weight excluding hydrogens is 256 g/mol. The number of primary amides is 1. The topological polar surface area (TPSA) is 82.2 Å². The standard InChI is InChI=1S/C14H18N4O2/c1-20-10-12-4-2-3-11(5-12)6-16-13-7-17-18(8-13)9-14(15)19/h2-5,7-8,16H,6,9-10H2,1H3,(H2,15,19). The van der Waals surface area contributed by atoms with E-state index in [2.05, 4.69) is 16.5 Å². The van der Waals surface area contributed by atoms with E-state index in [9.17, 15) is 4.79 Å². The van der Waals surface area contributed by atoms with Gasteiger partial charge < -0.3 is 15.8 Å². The maximum atomic E-state index is 10.8. The second-order valence-electron chi connectivity index (χ2n) is 4.50. The van der Waals surface area contributed by atoms with Gasteiger partial charge >= 0.3 is 0 Å². The predicted octanol–water partition coefficient (Wildman–Crippen LogP) is 1.13. The van der Waals surface area contributed by atoms with Gasteiger partial charge in [-0.3, -0.25) is 9.48 Å². The van der Waals surface area contributed by atoms with Crippen molar-refractivity contribution in [3.8, 4) is 0 Å². The molecule has 2 rings (SSSR count). The van der Waals surface area contributed by atoms with Gasteiger partial charge in [-0.25, -0.2) is 0 Å². The van der Waals surface area contributed by atoms with Crippen molar-refractivity contribution in [3.63, 3.8) is 0 Å². The number of aromatic nitrogens is 2. The first-order chi connectivity index (χ1) is 9.67. The number of methoxy groups -OCH3 is 1. The van der Waals surface area contributed by atoms with Crippen molar-refractivity contribution in [2.75, 3.05) is 12.4 Å². The van der Waals surface area contributed by atoms with Crippen LogP contribution in [0, 0.1) is 0 Å². The zero-order valence-corrected chi connectivity index (χ0v) is 11.4. The Hall–Kier alpha value is -2.34. The van der Waals surface area contributed by atoms with Gasteiger partial charge in [0.2, 0.25) is 5.91 Å². The molecule has 0 fully saturated rings. The van der Waals surface area contributed by atoms with Crippen molar-refractivity contribution < 1.29 is 9.53 Å². The molecule has 1 amide bonds. The molecule has 0 aliphatic carbocycles. The van der Waals surface area contributed by atoms with Crippen LogP contribution in [0.3, 0.4) is 0 Å². The smallest absolute Gasteiger partial charge is 0.239 e. The van der Waals surface area contributed by atoms with Gasteiger partial charge in [-0.15, -0.1) is 0 Å². The zero-order chi connectivity index (χ0) is 14.4. The number of rotatable bonds is 7. The number of hydrogen-bond donors (Lipinski definition) is 2. The first-order valence-electron chi connectivity index (χ1n) is 6.29. The van der Waals surface area contributed by atoms with E-state index in [4.69, 9.17) is 10.5 Å². The van der Waals surface area contributed by atoms with E-state index in [0.29, 0.717) is 13.2 Å². The second-order valence-corrected chi connectivity index (χ2v) is 4.50. The van der Waals surface area contributed by atoms with Gasteiger partial charge in [0.25, 0.3) is 0 Å². The lowest BCUT2D eigenvalue weighted by molar-refractivity contribution is -0.118. The highest BCUT2D eigenvalue weighted by molar-refractivity contribution is 5.73. The molecule has 0 bridgehead atoms. The van der Waals surface area contributed by atoms with E-state index in [1.54, 1.807) is 19.5 Å². The Kier molecular flexibility index (Phi) is 4.73. The van der Waals surface area contributed by atoms with Gasteiger partial charge in [0, 0.05) is 19.9 Å². The quantitative estimate of drug-likeness (QED) is 0.793. The summed E-state index contributed by atoms with van der Waals surface area (Å²) in [7, 11) is 1.68. The van der Waals surface area contributed by atoms with Crippen molar-refractivity contribution in [1.29, 1.82) is 0 Å². The molecule has 1 aromatic heterocycles. The first kappa shape index (κ1) is 14.1. The van der Waals surface area contributed by atoms with E-state index >= 15 is 0 Å². The Labute approximate surface area is 117 Å². The van der Waals surface area contributed by atoms with Crippen molar-refractivity contribution in [2.24, 2.45) is 5.73 Å². The normalized spacial score (nSPS) is 10.4. The number of anilines is 1. The Bertz CT molecular complexity index is 580. The summed E-state index contributed by atoms with van der Waals surface area (Å²) in [5.41, 5.74) is 8.25. The van der Waals surface area contributed by atoms with E-state index in [-0.39, 0.29) is 6.54 Å². The van der Waals surface area contributed by atoms with Crippen LogP contribution in [0.15, 0.2) is 36.7 Å². The highest BCUT2D eigenvalue weighted by Gasteiger charge is 2.01. The molecule has 1 aromatic carbocycles. The number of hydrogen-bond acceptors (Lipinski definition) is 4. The third-order valence-electron chi connectivity index (χ3n) is 2.75. The van der Waals surface area contributed by atoms with Gasteiger partial charge in [0.1, 0.15) is 6.54 Å². The SMILES string of the molecule is COCc1cccc(CNc2cnn(CC(N)=O)c2)c1. The maximum Gasteiger partial charge on any atom is 0.239 e. The van der Waals surface area contributed by atoms with Gasteiger partial charge in [-0.05, 0) is 11.1 Å². The number of benzene rings is 1. The molecule has 0 atom stereocenters. The molecule has 0 spiro atoms. The van der Waals surface area contributed by atoms with E-state index in [1.165, 1.54) is 4.68 Å². The predicted molar refractivity (Wildman–Crippen MR) is 75.9 cm³/mol. The van der Waals surface area contributed by atoms with Crippen molar-refractivity contribution in [3.05, 3.63) is 47.8 Å². The van der Waals surface area contributed by atoms with Gasteiger partial charge in [0.15, 0.2) is 0 Å². The van der Waals surface area contributed by atoms with Gasteiger partial charge in [-0.2, -0.15) is 5.10 Å². The molecule has 0 aliphatic heterocycles. The number of amides is 1. The minimum Gasteiger partial charge on any atom is -0.380 e. The average Bonchev–Trinajstić information content (AvgIpc) is 2.84. The molecule has 106 valence electrons. The fourth-order valence-electron chi connectivity index (χ4n) is 1.90. The summed E-state index contributed by atoms with van der Waals surface area (Å²) in [5, 5.41) is 7.30. The molecule has 0 saturated carbocycles. The molecule has 0 radical (unpaired) electrons. The van der Waals surface area contributed by atoms with Crippen LogP contribution in [0.2, 0.25) is 0 Å². The lowest BCUT2D eigenvalue weighted by atomic mass is 10.1. The largest absolute Gasteiger partial charge is 0.380 e. The fourth-order valence-corrected chi connectivity index (χ4v) is 1.90. The van der Waals surface area contributed by atoms with Crippen LogP contribution >= 0.6 is 0 Å². The molecule has 2 aromatic rings. The van der Waals surface area contributed by atoms with Crippen LogP contribution in [-0.4, -0.2) is 22.8 Å². The molecule has 0 unspecified atom stereocenters. The summed E-state index contributed by atoms with van der Waals surface area (Å²) in [6.07, 6.45) is 3.42. The molecule has 1 heterocycles. The zero-order valence-electron chi connectivity index (χ0n) is 11.4. The number of carbonyl (C=O) groups is 1. The van der Waals surface area contributed by atoms with Crippen LogP contribution in [0.25, 0.3) is 0 Å². The van der Waals surface area contributed by atoms with E-state index in [0.717, 1.165) is 16.8 Å². The van der Waals surface area contributed by atoms with Crippen LogP contribution in [0.4, 0.5) is 5.69 Å². The van der Waals surface area contributed by atoms with Crippen molar-refractivity contribution in [2.45, 2.75) is 19.7 Å². The average molecular weight is 274 g/mol. The molecule has 6 heteroatoms. The highest BCUT2D eigenvalue weighted by atomic mass is 16.5. The summed E-state index contributed by atoms with van der Waals surface area (Å²) in [4.78, 5) is 10.8. The monoisotopic (exact) mass is 274 g/mol. The minimum absolute atomic E-state index is 0.0883. The fraction of sp³-hybridized carbons (Fsp3) is 0.286. The Morgan fingerprint density at radius 2 is 2.25 bits per heavy atom. The van der Waals surface area contributed by atoms with Gasteiger partial charge in [-0.1, -0.05) is 24.3 Å².